The monoisotopic (exact) mass is 595 g/mol. The zero-order valence-corrected chi connectivity index (χ0v) is 23.7. The van der Waals surface area contributed by atoms with Crippen molar-refractivity contribution in [3.63, 3.8) is 0 Å². The number of methoxy groups -OCH3 is 2. The molecule has 218 valence electrons. The maximum Gasteiger partial charge on any atom is 0.344 e. The van der Waals surface area contributed by atoms with Gasteiger partial charge in [-0.3, -0.25) is 0 Å². The highest BCUT2D eigenvalue weighted by molar-refractivity contribution is 7.22. The first-order valence-corrected chi connectivity index (χ1v) is 14.7. The van der Waals surface area contributed by atoms with Crippen LogP contribution in [0, 0.1) is 11.6 Å². The van der Waals surface area contributed by atoms with Crippen LogP contribution < -0.4 is 9.64 Å². The highest BCUT2D eigenvalue weighted by Crippen LogP contribution is 2.46. The average Bonchev–Trinajstić information content (AvgIpc) is 3.50. The van der Waals surface area contributed by atoms with Gasteiger partial charge in [0.05, 0.1) is 30.0 Å². The molecule has 0 radical (unpaired) electrons. The number of piperidine rings is 1. The molecule has 0 amide bonds. The van der Waals surface area contributed by atoms with Crippen LogP contribution in [0.15, 0.2) is 34.9 Å². The van der Waals surface area contributed by atoms with Crippen LogP contribution in [-0.2, 0) is 9.47 Å². The maximum atomic E-state index is 14.7. The molecule has 12 heteroatoms. The summed E-state index contributed by atoms with van der Waals surface area (Å²) in [5.41, 5.74) is 0.524. The Balaban J connectivity index is 1.13. The minimum Gasteiger partial charge on any atom is -0.496 e. The predicted octanol–water partition coefficient (Wildman–Crippen LogP) is 6.26. The summed E-state index contributed by atoms with van der Waals surface area (Å²) in [7, 11) is 2.82. The molecule has 0 N–H and O–H groups in total. The van der Waals surface area contributed by atoms with Gasteiger partial charge in [-0.15, -0.1) is 0 Å². The molecule has 2 aliphatic heterocycles. The zero-order chi connectivity index (χ0) is 29.1. The average molecular weight is 596 g/mol. The van der Waals surface area contributed by atoms with E-state index in [-0.39, 0.29) is 35.4 Å². The van der Waals surface area contributed by atoms with E-state index in [1.165, 1.54) is 31.6 Å². The van der Waals surface area contributed by atoms with Crippen LogP contribution in [0.3, 0.4) is 0 Å². The fourth-order valence-electron chi connectivity index (χ4n) is 6.26. The van der Waals surface area contributed by atoms with Crippen molar-refractivity contribution < 1.29 is 37.1 Å². The minimum absolute atomic E-state index is 0.0119. The van der Waals surface area contributed by atoms with E-state index in [0.29, 0.717) is 29.9 Å². The topological polar surface area (TPSA) is 104 Å². The van der Waals surface area contributed by atoms with Gasteiger partial charge in [0.2, 0.25) is 0 Å². The molecule has 2 saturated heterocycles. The van der Waals surface area contributed by atoms with Gasteiger partial charge in [-0.25, -0.2) is 23.4 Å². The molecule has 2 aromatic carbocycles. The smallest absolute Gasteiger partial charge is 0.344 e. The fourth-order valence-corrected chi connectivity index (χ4v) is 7.39. The SMILES string of the molecule is COC(=O)c1cc2sc(N3[C@@H]4CC[C@H]3C[C@H](OC(=O)c3c(-c5c(F)cccc5F)noc3C3CC3)C4)nc2cc1OC. The normalized spacial score (nSPS) is 21.5. The van der Waals surface area contributed by atoms with E-state index in [2.05, 4.69) is 10.1 Å². The van der Waals surface area contributed by atoms with Crippen molar-refractivity contribution in [2.24, 2.45) is 0 Å². The van der Waals surface area contributed by atoms with Gasteiger partial charge in [0, 0.05) is 36.9 Å². The molecule has 1 aliphatic carbocycles. The zero-order valence-electron chi connectivity index (χ0n) is 22.9. The van der Waals surface area contributed by atoms with Gasteiger partial charge in [-0.05, 0) is 43.9 Å². The van der Waals surface area contributed by atoms with E-state index < -0.39 is 29.1 Å². The molecule has 3 aliphatic rings. The molecule has 4 heterocycles. The van der Waals surface area contributed by atoms with E-state index in [4.69, 9.17) is 23.7 Å². The predicted molar refractivity (Wildman–Crippen MR) is 149 cm³/mol. The second-order valence-corrected chi connectivity index (χ2v) is 11.9. The van der Waals surface area contributed by atoms with Crippen LogP contribution in [0.1, 0.15) is 70.9 Å². The van der Waals surface area contributed by atoms with Gasteiger partial charge in [-0.1, -0.05) is 22.6 Å². The Hall–Kier alpha value is -4.06. The lowest BCUT2D eigenvalue weighted by molar-refractivity contribution is 0.0202. The van der Waals surface area contributed by atoms with Gasteiger partial charge >= 0.3 is 11.9 Å². The van der Waals surface area contributed by atoms with Crippen molar-refractivity contribution in [2.45, 2.75) is 62.6 Å². The first-order valence-electron chi connectivity index (χ1n) is 13.9. The van der Waals surface area contributed by atoms with E-state index in [1.807, 2.05) is 0 Å². The van der Waals surface area contributed by atoms with Gasteiger partial charge < -0.3 is 23.6 Å². The van der Waals surface area contributed by atoms with Gasteiger partial charge in [0.1, 0.15) is 40.3 Å². The molecule has 1 saturated carbocycles. The third-order valence-corrected chi connectivity index (χ3v) is 9.39. The van der Waals surface area contributed by atoms with Gasteiger partial charge in [-0.2, -0.15) is 0 Å². The molecular weight excluding hydrogens is 568 g/mol. The van der Waals surface area contributed by atoms with E-state index in [1.54, 1.807) is 12.1 Å². The molecule has 0 spiro atoms. The van der Waals surface area contributed by atoms with Crippen molar-refractivity contribution in [1.82, 2.24) is 10.1 Å². The Bertz CT molecular complexity index is 1680. The van der Waals surface area contributed by atoms with E-state index in [9.17, 15) is 18.4 Å². The van der Waals surface area contributed by atoms with Crippen molar-refractivity contribution in [2.75, 3.05) is 19.1 Å². The number of benzene rings is 2. The number of rotatable bonds is 7. The summed E-state index contributed by atoms with van der Waals surface area (Å²) in [6, 6.07) is 7.18. The third kappa shape index (κ3) is 4.48. The summed E-state index contributed by atoms with van der Waals surface area (Å²) >= 11 is 1.49. The van der Waals surface area contributed by atoms with Crippen LogP contribution in [-0.4, -0.2) is 54.5 Å². The van der Waals surface area contributed by atoms with Crippen LogP contribution in [0.4, 0.5) is 13.9 Å². The Morgan fingerprint density at radius 3 is 2.38 bits per heavy atom. The standard InChI is InChI=1S/C30H27F2N3O6S/c1-38-22-13-21-23(12-18(22)28(36)39-2)42-30(33-21)35-15-8-9-16(35)11-17(10-15)40-29(37)25-26(34-41-27(25)14-6-7-14)24-19(31)4-3-5-20(24)32/h3-5,12-17H,6-11H2,1-2H3/t15-,16+,17-. The van der Waals surface area contributed by atoms with Crippen molar-refractivity contribution in [3.05, 3.63) is 58.9 Å². The summed E-state index contributed by atoms with van der Waals surface area (Å²) < 4.78 is 51.9. The number of hydrogen-bond donors (Lipinski definition) is 0. The van der Waals surface area contributed by atoms with Gasteiger partial charge in [0.15, 0.2) is 10.9 Å². The van der Waals surface area contributed by atoms with Crippen LogP contribution in [0.5, 0.6) is 5.75 Å². The first kappa shape index (κ1) is 26.8. The maximum absolute atomic E-state index is 14.7. The fraction of sp³-hybridized carbons (Fsp3) is 0.400. The third-order valence-electron chi connectivity index (χ3n) is 8.36. The molecule has 9 nitrogen and oxygen atoms in total. The highest BCUT2D eigenvalue weighted by atomic mass is 32.1. The number of ether oxygens (including phenoxy) is 3. The van der Waals surface area contributed by atoms with Crippen molar-refractivity contribution in [1.29, 1.82) is 0 Å². The molecule has 0 unspecified atom stereocenters. The molecule has 3 fully saturated rings. The van der Waals surface area contributed by atoms with Crippen molar-refractivity contribution >= 4 is 38.6 Å². The van der Waals surface area contributed by atoms with E-state index in [0.717, 1.165) is 53.2 Å². The van der Waals surface area contributed by atoms with E-state index >= 15 is 0 Å². The number of anilines is 1. The number of hydrogen-bond acceptors (Lipinski definition) is 10. The number of esters is 2. The number of carbonyl (C=O) groups is 2. The highest BCUT2D eigenvalue weighted by Gasteiger charge is 2.45. The largest absolute Gasteiger partial charge is 0.496 e. The number of fused-ring (bicyclic) bond motifs is 3. The molecular formula is C30H27F2N3O6S. The second-order valence-electron chi connectivity index (χ2n) is 10.9. The Morgan fingerprint density at radius 1 is 1.02 bits per heavy atom. The minimum atomic E-state index is -0.821. The lowest BCUT2D eigenvalue weighted by Crippen LogP contribution is -2.46. The number of nitrogens with zero attached hydrogens (tertiary/aromatic N) is 3. The lowest BCUT2D eigenvalue weighted by Gasteiger charge is -2.38. The molecule has 3 atom stereocenters. The Labute approximate surface area is 243 Å². The first-order chi connectivity index (χ1) is 20.4. The number of carbonyl (C=O) groups excluding carboxylic acids is 2. The number of thiazole rings is 1. The summed E-state index contributed by atoms with van der Waals surface area (Å²) in [6.45, 7) is 0. The Kier molecular flexibility index (Phi) is 6.60. The summed E-state index contributed by atoms with van der Waals surface area (Å²) in [5, 5.41) is 4.76. The summed E-state index contributed by atoms with van der Waals surface area (Å²) in [6.07, 6.45) is 4.24. The molecule has 2 aromatic heterocycles. The van der Waals surface area contributed by atoms with Crippen LogP contribution in [0.25, 0.3) is 21.5 Å². The van der Waals surface area contributed by atoms with Gasteiger partial charge in [0.25, 0.3) is 0 Å². The molecule has 2 bridgehead atoms. The van der Waals surface area contributed by atoms with Crippen LogP contribution >= 0.6 is 11.3 Å². The number of halogens is 2. The molecule has 4 aromatic rings. The second kappa shape index (κ2) is 10.3. The van der Waals surface area contributed by atoms with Crippen molar-refractivity contribution in [3.8, 4) is 17.0 Å². The summed E-state index contributed by atoms with van der Waals surface area (Å²) in [4.78, 5) is 33.0. The summed E-state index contributed by atoms with van der Waals surface area (Å²) in [5.74, 6) is -2.08. The molecule has 42 heavy (non-hydrogen) atoms. The quantitative estimate of drug-likeness (QED) is 0.229. The lowest BCUT2D eigenvalue weighted by atomic mass is 9.99. The number of aromatic nitrogens is 2. The Morgan fingerprint density at radius 2 is 1.74 bits per heavy atom. The van der Waals surface area contributed by atoms with Crippen LogP contribution in [0.2, 0.25) is 0 Å². The molecule has 7 rings (SSSR count).